The predicted molar refractivity (Wildman–Crippen MR) is 110 cm³/mol. The Bertz CT molecular complexity index is 1040. The van der Waals surface area contributed by atoms with Crippen LogP contribution < -0.4 is 10.2 Å². The molecule has 1 saturated heterocycles. The summed E-state index contributed by atoms with van der Waals surface area (Å²) in [4.78, 5) is 21.1. The molecule has 4 rings (SSSR count). The Kier molecular flexibility index (Phi) is 4.60. The van der Waals surface area contributed by atoms with Crippen molar-refractivity contribution in [2.75, 3.05) is 23.3 Å². The number of rotatable bonds is 3. The quantitative estimate of drug-likeness (QED) is 0.675. The zero-order valence-electron chi connectivity index (χ0n) is 15.7. The number of carbonyl (C=O) groups is 1. The third-order valence-corrected chi connectivity index (χ3v) is 6.29. The van der Waals surface area contributed by atoms with Gasteiger partial charge < -0.3 is 10.2 Å². The van der Waals surface area contributed by atoms with E-state index in [-0.39, 0.29) is 11.6 Å². The normalized spacial score (nSPS) is 14.1. The number of hydrogen-bond acceptors (Lipinski definition) is 4. The predicted octanol–water partition coefficient (Wildman–Crippen LogP) is 5.21. The maximum absolute atomic E-state index is 14.6. The molecule has 3 heterocycles. The van der Waals surface area contributed by atoms with E-state index in [2.05, 4.69) is 15.2 Å². The maximum Gasteiger partial charge on any atom is 0.266 e. The van der Waals surface area contributed by atoms with Crippen LogP contribution >= 0.6 is 11.3 Å². The van der Waals surface area contributed by atoms with E-state index in [0.717, 1.165) is 58.7 Å². The number of pyridine rings is 1. The molecule has 0 radical (unpaired) electrons. The molecule has 4 nitrogen and oxygen atoms in total. The molecule has 1 aliphatic rings. The number of halogens is 1. The number of fused-ring (bicyclic) bond motifs is 1. The molecule has 0 saturated carbocycles. The SMILES string of the molecule is Cc1cc(C)c2c(C)c(C(=O)Nc3c(F)cccc3N3CCCC3)sc2n1. The molecule has 3 aromatic rings. The fraction of sp³-hybridized carbons (Fsp3) is 0.333. The van der Waals surface area contributed by atoms with Gasteiger partial charge in [-0.1, -0.05) is 6.07 Å². The van der Waals surface area contributed by atoms with Crippen molar-refractivity contribution in [2.45, 2.75) is 33.6 Å². The van der Waals surface area contributed by atoms with Crippen molar-refractivity contribution in [1.82, 2.24) is 4.98 Å². The summed E-state index contributed by atoms with van der Waals surface area (Å²) in [6.45, 7) is 7.68. The number of nitrogens with zero attached hydrogens (tertiary/aromatic N) is 2. The Morgan fingerprint density at radius 3 is 2.70 bits per heavy atom. The van der Waals surface area contributed by atoms with Crippen LogP contribution in [0.1, 0.15) is 39.3 Å². The number of benzene rings is 1. The highest BCUT2D eigenvalue weighted by Crippen LogP contribution is 2.35. The van der Waals surface area contributed by atoms with Crippen LogP contribution in [0.15, 0.2) is 24.3 Å². The summed E-state index contributed by atoms with van der Waals surface area (Å²) in [7, 11) is 0. The van der Waals surface area contributed by atoms with Crippen molar-refractivity contribution in [3.63, 3.8) is 0 Å². The number of hydrogen-bond donors (Lipinski definition) is 1. The van der Waals surface area contributed by atoms with Gasteiger partial charge in [0.05, 0.1) is 10.6 Å². The van der Waals surface area contributed by atoms with Gasteiger partial charge >= 0.3 is 0 Å². The van der Waals surface area contributed by atoms with Gasteiger partial charge in [0.2, 0.25) is 0 Å². The highest BCUT2D eigenvalue weighted by atomic mass is 32.1. The van der Waals surface area contributed by atoms with Gasteiger partial charge in [0.25, 0.3) is 5.91 Å². The standard InChI is InChI=1S/C21H22FN3OS/c1-12-11-13(2)23-21-17(12)14(3)19(27-21)20(26)24-18-15(22)7-6-8-16(18)25-9-4-5-10-25/h6-8,11H,4-5,9-10H2,1-3H3,(H,24,26). The van der Waals surface area contributed by atoms with Crippen LogP contribution in [-0.2, 0) is 0 Å². The number of nitrogens with one attached hydrogen (secondary N) is 1. The second-order valence-corrected chi connectivity index (χ2v) is 8.10. The summed E-state index contributed by atoms with van der Waals surface area (Å²) in [6, 6.07) is 6.98. The highest BCUT2D eigenvalue weighted by molar-refractivity contribution is 7.20. The molecule has 1 aromatic carbocycles. The Labute approximate surface area is 162 Å². The van der Waals surface area contributed by atoms with Crippen LogP contribution in [0.2, 0.25) is 0 Å². The molecule has 0 aliphatic carbocycles. The number of anilines is 2. The Morgan fingerprint density at radius 1 is 1.22 bits per heavy atom. The molecule has 1 amide bonds. The van der Waals surface area contributed by atoms with Gasteiger partial charge in [0.1, 0.15) is 16.3 Å². The van der Waals surface area contributed by atoms with E-state index in [1.54, 1.807) is 6.07 Å². The van der Waals surface area contributed by atoms with Gasteiger partial charge in [-0.05, 0) is 62.9 Å². The lowest BCUT2D eigenvalue weighted by Crippen LogP contribution is -2.22. The minimum atomic E-state index is -0.406. The van der Waals surface area contributed by atoms with Gasteiger partial charge in [-0.25, -0.2) is 9.37 Å². The number of carbonyl (C=O) groups excluding carboxylic acids is 1. The average Bonchev–Trinajstić information content (AvgIpc) is 3.25. The van der Waals surface area contributed by atoms with Crippen LogP contribution in [0, 0.1) is 26.6 Å². The third-order valence-electron chi connectivity index (χ3n) is 5.11. The van der Waals surface area contributed by atoms with Crippen molar-refractivity contribution >= 4 is 38.8 Å². The topological polar surface area (TPSA) is 45.2 Å². The molecule has 0 unspecified atom stereocenters. The molecule has 0 bridgehead atoms. The van der Waals surface area contributed by atoms with Crippen LogP contribution in [0.3, 0.4) is 0 Å². The van der Waals surface area contributed by atoms with E-state index in [1.165, 1.54) is 17.4 Å². The first kappa shape index (κ1) is 17.9. The van der Waals surface area contributed by atoms with Crippen molar-refractivity contribution in [3.05, 3.63) is 51.8 Å². The second kappa shape index (κ2) is 6.93. The molecular weight excluding hydrogens is 361 g/mol. The van der Waals surface area contributed by atoms with E-state index in [9.17, 15) is 9.18 Å². The lowest BCUT2D eigenvalue weighted by atomic mass is 10.1. The summed E-state index contributed by atoms with van der Waals surface area (Å²) in [6.07, 6.45) is 2.17. The minimum absolute atomic E-state index is 0.266. The van der Waals surface area contributed by atoms with E-state index in [1.807, 2.05) is 32.9 Å². The molecule has 0 atom stereocenters. The van der Waals surface area contributed by atoms with Crippen molar-refractivity contribution in [1.29, 1.82) is 0 Å². The van der Waals surface area contributed by atoms with Crippen LogP contribution in [-0.4, -0.2) is 24.0 Å². The van der Waals surface area contributed by atoms with Gasteiger partial charge in [-0.15, -0.1) is 11.3 Å². The largest absolute Gasteiger partial charge is 0.370 e. The second-order valence-electron chi connectivity index (χ2n) is 7.10. The third kappa shape index (κ3) is 3.18. The molecule has 140 valence electrons. The molecule has 0 spiro atoms. The lowest BCUT2D eigenvalue weighted by molar-refractivity contribution is 0.102. The van der Waals surface area contributed by atoms with Crippen molar-refractivity contribution in [2.24, 2.45) is 0 Å². The first-order valence-electron chi connectivity index (χ1n) is 9.18. The fourth-order valence-electron chi connectivity index (χ4n) is 3.86. The average molecular weight is 383 g/mol. The summed E-state index contributed by atoms with van der Waals surface area (Å²) in [5.74, 6) is -0.685. The Morgan fingerprint density at radius 2 is 1.96 bits per heavy atom. The summed E-state index contributed by atoms with van der Waals surface area (Å²) in [5, 5.41) is 3.85. The zero-order valence-corrected chi connectivity index (χ0v) is 16.5. The first-order valence-corrected chi connectivity index (χ1v) is 9.99. The molecule has 1 aliphatic heterocycles. The summed E-state index contributed by atoms with van der Waals surface area (Å²) < 4.78 is 14.6. The monoisotopic (exact) mass is 383 g/mol. The van der Waals surface area contributed by atoms with Gasteiger partial charge in [0.15, 0.2) is 0 Å². The van der Waals surface area contributed by atoms with Crippen LogP contribution in [0.4, 0.5) is 15.8 Å². The molecule has 27 heavy (non-hydrogen) atoms. The van der Waals surface area contributed by atoms with E-state index in [4.69, 9.17) is 0 Å². The molecule has 6 heteroatoms. The van der Waals surface area contributed by atoms with Gasteiger partial charge in [-0.2, -0.15) is 0 Å². The van der Waals surface area contributed by atoms with Crippen molar-refractivity contribution < 1.29 is 9.18 Å². The molecular formula is C21H22FN3OS. The molecule has 1 N–H and O–H groups in total. The molecule has 2 aromatic heterocycles. The molecule has 1 fully saturated rings. The lowest BCUT2D eigenvalue weighted by Gasteiger charge is -2.21. The minimum Gasteiger partial charge on any atom is -0.370 e. The summed E-state index contributed by atoms with van der Waals surface area (Å²) in [5.41, 5.74) is 3.95. The highest BCUT2D eigenvalue weighted by Gasteiger charge is 2.23. The number of aromatic nitrogens is 1. The Balaban J connectivity index is 1.72. The number of amides is 1. The van der Waals surface area contributed by atoms with Gasteiger partial charge in [0, 0.05) is 24.2 Å². The maximum atomic E-state index is 14.6. The number of thiophene rings is 1. The Hall–Kier alpha value is -2.47. The first-order chi connectivity index (χ1) is 13.0. The van der Waals surface area contributed by atoms with Crippen LogP contribution in [0.5, 0.6) is 0 Å². The smallest absolute Gasteiger partial charge is 0.266 e. The summed E-state index contributed by atoms with van der Waals surface area (Å²) >= 11 is 1.36. The number of aryl methyl sites for hydroxylation is 3. The van der Waals surface area contributed by atoms with Crippen LogP contribution in [0.25, 0.3) is 10.2 Å². The zero-order chi connectivity index (χ0) is 19.1. The van der Waals surface area contributed by atoms with Gasteiger partial charge in [-0.3, -0.25) is 4.79 Å². The van der Waals surface area contributed by atoms with E-state index >= 15 is 0 Å². The number of para-hydroxylation sites is 1. The van der Waals surface area contributed by atoms with E-state index in [0.29, 0.717) is 4.88 Å². The van der Waals surface area contributed by atoms with E-state index < -0.39 is 5.82 Å². The van der Waals surface area contributed by atoms with Crippen molar-refractivity contribution in [3.8, 4) is 0 Å². The fourth-order valence-corrected chi connectivity index (χ4v) is 5.06.